The maximum Gasteiger partial charge on any atom is 0.307 e. The maximum atomic E-state index is 11.9. The first kappa shape index (κ1) is 13.0. The van der Waals surface area contributed by atoms with E-state index in [9.17, 15) is 14.7 Å². The number of ether oxygens (including phenoxy) is 1. The molecule has 0 aliphatic carbocycles. The van der Waals surface area contributed by atoms with Crippen molar-refractivity contribution in [3.05, 3.63) is 24.0 Å². The lowest BCUT2D eigenvalue weighted by Gasteiger charge is -2.16. The molecule has 1 amide bonds. The summed E-state index contributed by atoms with van der Waals surface area (Å²) >= 11 is 0. The summed E-state index contributed by atoms with van der Waals surface area (Å²) in [5, 5.41) is 9.45. The van der Waals surface area contributed by atoms with Crippen molar-refractivity contribution < 1.29 is 19.4 Å². The molecule has 1 N–H and O–H groups in total. The van der Waals surface area contributed by atoms with Crippen LogP contribution in [0.2, 0.25) is 0 Å². The van der Waals surface area contributed by atoms with Gasteiger partial charge in [0.15, 0.2) is 0 Å². The van der Waals surface area contributed by atoms with Crippen LogP contribution in [0.25, 0.3) is 0 Å². The number of esters is 1. The van der Waals surface area contributed by atoms with E-state index in [1.165, 1.54) is 30.5 Å². The molecule has 92 valence electrons. The number of pyridine rings is 1. The zero-order chi connectivity index (χ0) is 12.8. The Hall–Kier alpha value is -2.11. The van der Waals surface area contributed by atoms with Crippen molar-refractivity contribution in [3.8, 4) is 5.75 Å². The molecular formula is C11H14N2O4. The number of nitrogens with zero attached hydrogens (tertiary/aromatic N) is 2. The van der Waals surface area contributed by atoms with E-state index in [0.717, 1.165) is 0 Å². The highest BCUT2D eigenvalue weighted by Crippen LogP contribution is 2.15. The molecule has 1 aromatic rings. The van der Waals surface area contributed by atoms with E-state index < -0.39 is 0 Å². The average Bonchev–Trinajstić information content (AvgIpc) is 2.35. The molecule has 17 heavy (non-hydrogen) atoms. The molecule has 6 heteroatoms. The SMILES string of the molecule is COC(=O)CCN(C)C(=O)c1ccncc1O. The molecule has 0 aliphatic rings. The number of hydrogen-bond donors (Lipinski definition) is 1. The highest BCUT2D eigenvalue weighted by atomic mass is 16.5. The van der Waals surface area contributed by atoms with Gasteiger partial charge in [0.05, 0.1) is 25.3 Å². The molecule has 0 bridgehead atoms. The third-order valence-corrected chi connectivity index (χ3v) is 2.26. The van der Waals surface area contributed by atoms with Gasteiger partial charge in [0, 0.05) is 19.8 Å². The third kappa shape index (κ3) is 3.44. The molecule has 6 nitrogen and oxygen atoms in total. The molecule has 0 unspecified atom stereocenters. The molecule has 0 radical (unpaired) electrons. The van der Waals surface area contributed by atoms with Crippen LogP contribution in [0.1, 0.15) is 16.8 Å². The van der Waals surface area contributed by atoms with Crippen molar-refractivity contribution in [2.24, 2.45) is 0 Å². The molecule has 0 aromatic carbocycles. The van der Waals surface area contributed by atoms with Crippen LogP contribution in [-0.4, -0.2) is 47.6 Å². The molecule has 0 aliphatic heterocycles. The summed E-state index contributed by atoms with van der Waals surface area (Å²) in [7, 11) is 2.84. The fourth-order valence-corrected chi connectivity index (χ4v) is 1.24. The van der Waals surface area contributed by atoms with Crippen molar-refractivity contribution in [3.63, 3.8) is 0 Å². The zero-order valence-corrected chi connectivity index (χ0v) is 9.71. The monoisotopic (exact) mass is 238 g/mol. The number of amides is 1. The van der Waals surface area contributed by atoms with Gasteiger partial charge in [-0.05, 0) is 6.07 Å². The Morgan fingerprint density at radius 2 is 2.24 bits per heavy atom. The summed E-state index contributed by atoms with van der Waals surface area (Å²) < 4.78 is 4.47. The lowest BCUT2D eigenvalue weighted by Crippen LogP contribution is -2.29. The van der Waals surface area contributed by atoms with E-state index in [1.54, 1.807) is 7.05 Å². The van der Waals surface area contributed by atoms with Crippen LogP contribution in [0.4, 0.5) is 0 Å². The van der Waals surface area contributed by atoms with E-state index >= 15 is 0 Å². The molecule has 0 spiro atoms. The summed E-state index contributed by atoms with van der Waals surface area (Å²) in [6, 6.07) is 1.42. The number of aromatic nitrogens is 1. The number of carbonyl (C=O) groups excluding carboxylic acids is 2. The van der Waals surface area contributed by atoms with E-state index in [1.807, 2.05) is 0 Å². The predicted molar refractivity (Wildman–Crippen MR) is 59.5 cm³/mol. The van der Waals surface area contributed by atoms with Crippen molar-refractivity contribution in [1.82, 2.24) is 9.88 Å². The summed E-state index contributed by atoms with van der Waals surface area (Å²) in [5.41, 5.74) is 0.160. The summed E-state index contributed by atoms with van der Waals surface area (Å²) in [4.78, 5) is 27.8. The van der Waals surface area contributed by atoms with Gasteiger partial charge in [0.25, 0.3) is 5.91 Å². The van der Waals surface area contributed by atoms with Gasteiger partial charge in [0.2, 0.25) is 0 Å². The van der Waals surface area contributed by atoms with Gasteiger partial charge in [-0.2, -0.15) is 0 Å². The van der Waals surface area contributed by atoms with Gasteiger partial charge in [-0.25, -0.2) is 0 Å². The van der Waals surface area contributed by atoms with Gasteiger partial charge in [-0.1, -0.05) is 0 Å². The van der Waals surface area contributed by atoms with Crippen LogP contribution < -0.4 is 0 Å². The first-order chi connectivity index (χ1) is 8.06. The lowest BCUT2D eigenvalue weighted by molar-refractivity contribution is -0.140. The molecule has 0 fully saturated rings. The molecule has 1 rings (SSSR count). The standard InChI is InChI=1S/C11H14N2O4/c1-13(6-4-10(15)17-2)11(16)8-3-5-12-7-9(8)14/h3,5,7,14H,4,6H2,1-2H3. The molecule has 0 saturated heterocycles. The molecule has 0 saturated carbocycles. The highest BCUT2D eigenvalue weighted by Gasteiger charge is 2.16. The van der Waals surface area contributed by atoms with E-state index in [2.05, 4.69) is 9.72 Å². The van der Waals surface area contributed by atoms with Crippen molar-refractivity contribution in [2.75, 3.05) is 20.7 Å². The Balaban J connectivity index is 2.64. The average molecular weight is 238 g/mol. The Morgan fingerprint density at radius 3 is 2.82 bits per heavy atom. The van der Waals surface area contributed by atoms with Crippen LogP contribution in [0.15, 0.2) is 18.5 Å². The summed E-state index contributed by atoms with van der Waals surface area (Å²) in [6.07, 6.45) is 2.73. The van der Waals surface area contributed by atoms with Crippen molar-refractivity contribution >= 4 is 11.9 Å². The Morgan fingerprint density at radius 1 is 1.53 bits per heavy atom. The first-order valence-corrected chi connectivity index (χ1v) is 5.01. The minimum Gasteiger partial charge on any atom is -0.505 e. The Bertz CT molecular complexity index is 420. The van der Waals surface area contributed by atoms with E-state index in [4.69, 9.17) is 0 Å². The van der Waals surface area contributed by atoms with Crippen molar-refractivity contribution in [1.29, 1.82) is 0 Å². The van der Waals surface area contributed by atoms with Crippen LogP contribution in [0, 0.1) is 0 Å². The van der Waals surface area contributed by atoms with Crippen LogP contribution in [0.3, 0.4) is 0 Å². The highest BCUT2D eigenvalue weighted by molar-refractivity contribution is 5.96. The lowest BCUT2D eigenvalue weighted by atomic mass is 10.2. The fourth-order valence-electron chi connectivity index (χ4n) is 1.24. The fraction of sp³-hybridized carbons (Fsp3) is 0.364. The van der Waals surface area contributed by atoms with Crippen LogP contribution >= 0.6 is 0 Å². The second kappa shape index (κ2) is 5.83. The minimum atomic E-state index is -0.386. The van der Waals surface area contributed by atoms with Gasteiger partial charge in [-0.15, -0.1) is 0 Å². The first-order valence-electron chi connectivity index (χ1n) is 5.01. The van der Waals surface area contributed by atoms with Crippen LogP contribution in [-0.2, 0) is 9.53 Å². The minimum absolute atomic E-state index is 0.116. The smallest absolute Gasteiger partial charge is 0.307 e. The van der Waals surface area contributed by atoms with Gasteiger partial charge < -0.3 is 14.7 Å². The number of carbonyl (C=O) groups is 2. The topological polar surface area (TPSA) is 79.7 Å². The Kier molecular flexibility index (Phi) is 4.45. The third-order valence-electron chi connectivity index (χ3n) is 2.26. The maximum absolute atomic E-state index is 11.9. The van der Waals surface area contributed by atoms with Crippen molar-refractivity contribution in [2.45, 2.75) is 6.42 Å². The second-order valence-electron chi connectivity index (χ2n) is 3.45. The molecule has 0 atom stereocenters. The van der Waals surface area contributed by atoms with E-state index in [-0.39, 0.29) is 36.2 Å². The van der Waals surface area contributed by atoms with Gasteiger partial charge in [-0.3, -0.25) is 14.6 Å². The predicted octanol–water partition coefficient (Wildman–Crippen LogP) is 0.422. The van der Waals surface area contributed by atoms with Gasteiger partial charge in [0.1, 0.15) is 5.75 Å². The quantitative estimate of drug-likeness (QED) is 0.769. The molecular weight excluding hydrogens is 224 g/mol. The van der Waals surface area contributed by atoms with E-state index in [0.29, 0.717) is 0 Å². The number of methoxy groups -OCH3 is 1. The summed E-state index contributed by atoms with van der Waals surface area (Å²) in [5.74, 6) is -0.931. The normalized spacial score (nSPS) is 9.76. The molecule has 1 aromatic heterocycles. The number of hydrogen-bond acceptors (Lipinski definition) is 5. The number of rotatable bonds is 4. The molecule has 1 heterocycles. The summed E-state index contributed by atoms with van der Waals surface area (Å²) in [6.45, 7) is 0.229. The Labute approximate surface area is 98.8 Å². The van der Waals surface area contributed by atoms with Crippen LogP contribution in [0.5, 0.6) is 5.75 Å². The zero-order valence-electron chi connectivity index (χ0n) is 9.71. The van der Waals surface area contributed by atoms with Gasteiger partial charge >= 0.3 is 5.97 Å². The largest absolute Gasteiger partial charge is 0.505 e. The second-order valence-corrected chi connectivity index (χ2v) is 3.45. The number of aromatic hydroxyl groups is 1.